The molecule has 0 aromatic carbocycles. The van der Waals surface area contributed by atoms with Gasteiger partial charge in [0.15, 0.2) is 5.12 Å². The molecule has 0 fully saturated rings. The van der Waals surface area contributed by atoms with Gasteiger partial charge in [-0.15, -0.1) is 0 Å². The Labute approximate surface area is 82.9 Å². The highest BCUT2D eigenvalue weighted by atomic mass is 32.2. The van der Waals surface area contributed by atoms with Crippen LogP contribution in [0.3, 0.4) is 0 Å². The zero-order valence-corrected chi connectivity index (χ0v) is 9.06. The van der Waals surface area contributed by atoms with Gasteiger partial charge >= 0.3 is 5.97 Å². The zero-order valence-electron chi connectivity index (χ0n) is 8.24. The highest BCUT2D eigenvalue weighted by Crippen LogP contribution is 2.14. The second kappa shape index (κ2) is 6.02. The van der Waals surface area contributed by atoms with Crippen molar-refractivity contribution in [3.63, 3.8) is 0 Å². The third-order valence-corrected chi connectivity index (χ3v) is 2.65. The summed E-state index contributed by atoms with van der Waals surface area (Å²) in [4.78, 5) is 21.6. The Morgan fingerprint density at radius 1 is 1.31 bits per heavy atom. The molecule has 0 amide bonds. The number of carbonyl (C=O) groups is 2. The molecule has 0 spiro atoms. The molecule has 0 radical (unpaired) electrons. The van der Waals surface area contributed by atoms with Crippen molar-refractivity contribution in [3.05, 3.63) is 0 Å². The van der Waals surface area contributed by atoms with Crippen LogP contribution in [-0.4, -0.2) is 21.9 Å². The van der Waals surface area contributed by atoms with E-state index in [0.717, 1.165) is 11.8 Å². The molecule has 0 saturated carbocycles. The van der Waals surface area contributed by atoms with Gasteiger partial charge in [-0.1, -0.05) is 32.5 Å². The average molecular weight is 204 g/mol. The van der Waals surface area contributed by atoms with E-state index in [9.17, 15) is 9.59 Å². The first-order chi connectivity index (χ1) is 5.93. The molecule has 1 N–H and O–H groups in total. The van der Waals surface area contributed by atoms with Crippen LogP contribution in [0.2, 0.25) is 0 Å². The molecule has 0 aliphatic rings. The van der Waals surface area contributed by atoms with Gasteiger partial charge in [0.25, 0.3) is 0 Å². The number of carboxylic acid groups (broad SMARTS) is 1. The molecule has 3 nitrogen and oxygen atoms in total. The SMILES string of the molecule is CC(C)CC(=O)SCC(C)C(=O)O. The molecule has 0 heterocycles. The number of carbonyl (C=O) groups excluding carboxylic acids is 1. The average Bonchev–Trinajstić information content (AvgIpc) is 1.98. The van der Waals surface area contributed by atoms with Crippen LogP contribution in [0.4, 0.5) is 0 Å². The van der Waals surface area contributed by atoms with Crippen molar-refractivity contribution in [2.45, 2.75) is 27.2 Å². The molecule has 13 heavy (non-hydrogen) atoms. The summed E-state index contributed by atoms with van der Waals surface area (Å²) in [5.74, 6) is -0.563. The maximum absolute atomic E-state index is 11.2. The molecule has 4 heteroatoms. The fourth-order valence-electron chi connectivity index (χ4n) is 0.681. The molecular weight excluding hydrogens is 188 g/mol. The first-order valence-corrected chi connectivity index (χ1v) is 5.30. The molecule has 76 valence electrons. The maximum Gasteiger partial charge on any atom is 0.307 e. The minimum absolute atomic E-state index is 0.0862. The van der Waals surface area contributed by atoms with Crippen molar-refractivity contribution in [2.75, 3.05) is 5.75 Å². The van der Waals surface area contributed by atoms with Gasteiger partial charge in [0.05, 0.1) is 5.92 Å². The van der Waals surface area contributed by atoms with E-state index >= 15 is 0 Å². The van der Waals surface area contributed by atoms with Crippen LogP contribution in [0.25, 0.3) is 0 Å². The van der Waals surface area contributed by atoms with E-state index in [1.54, 1.807) is 6.92 Å². The largest absolute Gasteiger partial charge is 0.481 e. The highest BCUT2D eigenvalue weighted by Gasteiger charge is 2.13. The number of rotatable bonds is 5. The van der Waals surface area contributed by atoms with Gasteiger partial charge in [-0.2, -0.15) is 0 Å². The topological polar surface area (TPSA) is 54.4 Å². The summed E-state index contributed by atoms with van der Waals surface area (Å²) in [5.41, 5.74) is 0. The minimum Gasteiger partial charge on any atom is -0.481 e. The summed E-state index contributed by atoms with van der Waals surface area (Å²) in [6.45, 7) is 5.55. The fourth-order valence-corrected chi connectivity index (χ4v) is 1.71. The molecule has 0 bridgehead atoms. The van der Waals surface area contributed by atoms with Crippen LogP contribution >= 0.6 is 11.8 Å². The maximum atomic E-state index is 11.2. The van der Waals surface area contributed by atoms with Crippen LogP contribution in [0.15, 0.2) is 0 Å². The van der Waals surface area contributed by atoms with E-state index in [1.807, 2.05) is 13.8 Å². The van der Waals surface area contributed by atoms with E-state index in [-0.39, 0.29) is 5.12 Å². The Morgan fingerprint density at radius 2 is 1.85 bits per heavy atom. The van der Waals surface area contributed by atoms with E-state index in [2.05, 4.69) is 0 Å². The van der Waals surface area contributed by atoms with Gasteiger partial charge in [-0.3, -0.25) is 9.59 Å². The van der Waals surface area contributed by atoms with Gasteiger partial charge < -0.3 is 5.11 Å². The van der Waals surface area contributed by atoms with Crippen LogP contribution < -0.4 is 0 Å². The Bertz CT molecular complexity index is 189. The second-order valence-electron chi connectivity index (χ2n) is 3.52. The summed E-state index contributed by atoms with van der Waals surface area (Å²) >= 11 is 1.12. The quantitative estimate of drug-likeness (QED) is 0.744. The third kappa shape index (κ3) is 6.63. The van der Waals surface area contributed by atoms with Gasteiger partial charge in [0.1, 0.15) is 0 Å². The van der Waals surface area contributed by atoms with Gasteiger partial charge in [0, 0.05) is 12.2 Å². The Hall–Kier alpha value is -0.510. The lowest BCUT2D eigenvalue weighted by molar-refractivity contribution is -0.140. The summed E-state index contributed by atoms with van der Waals surface area (Å²) in [6.07, 6.45) is 0.525. The Morgan fingerprint density at radius 3 is 2.23 bits per heavy atom. The summed E-state index contributed by atoms with van der Waals surface area (Å²) < 4.78 is 0. The first kappa shape index (κ1) is 12.5. The van der Waals surface area contributed by atoms with Crippen molar-refractivity contribution in [1.82, 2.24) is 0 Å². The second-order valence-corrected chi connectivity index (χ2v) is 4.60. The van der Waals surface area contributed by atoms with E-state index in [4.69, 9.17) is 5.11 Å². The number of aliphatic carboxylic acids is 1. The molecule has 0 aliphatic carbocycles. The fraction of sp³-hybridized carbons (Fsp3) is 0.778. The standard InChI is InChI=1S/C9H16O3S/c1-6(2)4-8(10)13-5-7(3)9(11)12/h6-7H,4-5H2,1-3H3,(H,11,12). The number of hydrogen-bond acceptors (Lipinski definition) is 3. The first-order valence-electron chi connectivity index (χ1n) is 4.32. The predicted octanol–water partition coefficient (Wildman–Crippen LogP) is 2.01. The van der Waals surface area contributed by atoms with E-state index < -0.39 is 11.9 Å². The molecule has 0 saturated heterocycles. The summed E-state index contributed by atoms with van der Waals surface area (Å²) in [5, 5.41) is 8.64. The van der Waals surface area contributed by atoms with Gasteiger partial charge in [0.2, 0.25) is 0 Å². The summed E-state index contributed by atoms with van der Waals surface area (Å²) in [7, 11) is 0. The minimum atomic E-state index is -0.843. The molecular formula is C9H16O3S. The molecule has 0 aliphatic heterocycles. The van der Waals surface area contributed by atoms with Crippen LogP contribution in [0.5, 0.6) is 0 Å². The predicted molar refractivity (Wildman–Crippen MR) is 53.7 cm³/mol. The van der Waals surface area contributed by atoms with E-state index in [1.165, 1.54) is 0 Å². The van der Waals surface area contributed by atoms with Crippen LogP contribution in [0.1, 0.15) is 27.2 Å². The van der Waals surface area contributed by atoms with Crippen LogP contribution in [0, 0.1) is 11.8 Å². The van der Waals surface area contributed by atoms with Crippen molar-refractivity contribution >= 4 is 22.8 Å². The smallest absolute Gasteiger partial charge is 0.307 e. The van der Waals surface area contributed by atoms with Crippen molar-refractivity contribution in [3.8, 4) is 0 Å². The summed E-state index contributed by atoms with van der Waals surface area (Å²) in [6, 6.07) is 0. The van der Waals surface area contributed by atoms with Gasteiger partial charge in [-0.25, -0.2) is 0 Å². The van der Waals surface area contributed by atoms with Crippen molar-refractivity contribution < 1.29 is 14.7 Å². The third-order valence-electron chi connectivity index (χ3n) is 1.49. The molecule has 0 rings (SSSR count). The van der Waals surface area contributed by atoms with Crippen molar-refractivity contribution in [2.24, 2.45) is 11.8 Å². The molecule has 1 atom stereocenters. The Kier molecular flexibility index (Phi) is 5.79. The highest BCUT2D eigenvalue weighted by molar-refractivity contribution is 8.13. The lowest BCUT2D eigenvalue weighted by atomic mass is 10.2. The monoisotopic (exact) mass is 204 g/mol. The number of thioether (sulfide) groups is 1. The number of hydrogen-bond donors (Lipinski definition) is 1. The Balaban J connectivity index is 3.64. The number of carboxylic acids is 1. The zero-order chi connectivity index (χ0) is 10.4. The van der Waals surface area contributed by atoms with Gasteiger partial charge in [-0.05, 0) is 5.92 Å². The van der Waals surface area contributed by atoms with Crippen molar-refractivity contribution in [1.29, 1.82) is 0 Å². The molecule has 0 aromatic rings. The lowest BCUT2D eigenvalue weighted by Gasteiger charge is -2.05. The lowest BCUT2D eigenvalue weighted by Crippen LogP contribution is -2.13. The normalized spacial score (nSPS) is 12.9. The molecule has 0 aromatic heterocycles. The molecule has 1 unspecified atom stereocenters. The van der Waals surface area contributed by atoms with Crippen LogP contribution in [-0.2, 0) is 9.59 Å². The van der Waals surface area contributed by atoms with E-state index in [0.29, 0.717) is 18.1 Å².